The molecular weight excluding hydrogens is 454 g/mol. The molecule has 2 aromatic heterocycles. The van der Waals surface area contributed by atoms with Crippen molar-refractivity contribution in [2.75, 3.05) is 18.9 Å². The van der Waals surface area contributed by atoms with Crippen LogP contribution in [-0.4, -0.2) is 40.5 Å². The second kappa shape index (κ2) is 9.67. The van der Waals surface area contributed by atoms with E-state index in [-0.39, 0.29) is 23.3 Å². The quantitative estimate of drug-likeness (QED) is 0.315. The van der Waals surface area contributed by atoms with Crippen molar-refractivity contribution in [3.8, 4) is 0 Å². The average molecular weight is 480 g/mol. The van der Waals surface area contributed by atoms with E-state index in [0.717, 1.165) is 35.1 Å². The standard InChI is InChI=1S/C25H25N3O3S2/c1-16-8-10-17(11-9-16)14-28-24(30)23-22(19-6-2-3-7-20(19)33-23)27-25(28)32-15-21(29)26-13-18-5-4-12-31-18/h2-3,6-11,18H,4-5,12-15H2,1H3,(H,26,29)/t18-/m1/s1. The summed E-state index contributed by atoms with van der Waals surface area (Å²) in [5.74, 6) is 0.114. The molecule has 4 aromatic rings. The number of amides is 1. The Morgan fingerprint density at radius 1 is 1.24 bits per heavy atom. The van der Waals surface area contributed by atoms with Crippen LogP contribution in [0.15, 0.2) is 58.5 Å². The first-order valence-corrected chi connectivity index (χ1v) is 12.9. The summed E-state index contributed by atoms with van der Waals surface area (Å²) in [5.41, 5.74) is 2.84. The molecule has 5 rings (SSSR count). The van der Waals surface area contributed by atoms with Gasteiger partial charge in [0.25, 0.3) is 5.56 Å². The number of carbonyl (C=O) groups is 1. The second-order valence-electron chi connectivity index (χ2n) is 8.28. The van der Waals surface area contributed by atoms with Gasteiger partial charge in [0.05, 0.1) is 23.9 Å². The van der Waals surface area contributed by atoms with E-state index in [1.54, 1.807) is 4.57 Å². The maximum atomic E-state index is 13.5. The van der Waals surface area contributed by atoms with Gasteiger partial charge in [-0.05, 0) is 31.4 Å². The Balaban J connectivity index is 1.46. The van der Waals surface area contributed by atoms with E-state index in [4.69, 9.17) is 9.72 Å². The maximum absolute atomic E-state index is 13.5. The molecule has 33 heavy (non-hydrogen) atoms. The van der Waals surface area contributed by atoms with Crippen molar-refractivity contribution < 1.29 is 9.53 Å². The molecule has 170 valence electrons. The van der Waals surface area contributed by atoms with Crippen LogP contribution >= 0.6 is 23.1 Å². The highest BCUT2D eigenvalue weighted by Crippen LogP contribution is 2.32. The van der Waals surface area contributed by atoms with Crippen LogP contribution in [0.5, 0.6) is 0 Å². The van der Waals surface area contributed by atoms with Crippen molar-refractivity contribution in [3.63, 3.8) is 0 Å². The van der Waals surface area contributed by atoms with Crippen molar-refractivity contribution in [2.45, 2.75) is 37.6 Å². The Labute approximate surface area is 200 Å². The van der Waals surface area contributed by atoms with Gasteiger partial charge >= 0.3 is 0 Å². The van der Waals surface area contributed by atoms with Gasteiger partial charge in [-0.2, -0.15) is 0 Å². The fraction of sp³-hybridized carbons (Fsp3) is 0.320. The number of hydrogen-bond acceptors (Lipinski definition) is 6. The highest BCUT2D eigenvalue weighted by atomic mass is 32.2. The highest BCUT2D eigenvalue weighted by molar-refractivity contribution is 7.99. The Kier molecular flexibility index (Phi) is 6.48. The van der Waals surface area contributed by atoms with E-state index in [9.17, 15) is 9.59 Å². The monoisotopic (exact) mass is 479 g/mol. The molecule has 0 radical (unpaired) electrons. The minimum absolute atomic E-state index is 0.0657. The Morgan fingerprint density at radius 2 is 2.06 bits per heavy atom. The number of carbonyl (C=O) groups excluding carboxylic acids is 1. The van der Waals surface area contributed by atoms with E-state index in [0.29, 0.717) is 28.5 Å². The summed E-state index contributed by atoms with van der Waals surface area (Å²) in [5, 5.41) is 4.48. The van der Waals surface area contributed by atoms with E-state index in [2.05, 4.69) is 5.32 Å². The van der Waals surface area contributed by atoms with Gasteiger partial charge in [0, 0.05) is 23.2 Å². The number of ether oxygens (including phenoxy) is 1. The number of aryl methyl sites for hydroxylation is 1. The molecule has 1 aliphatic rings. The number of nitrogens with zero attached hydrogens (tertiary/aromatic N) is 2. The van der Waals surface area contributed by atoms with Gasteiger partial charge in [-0.15, -0.1) is 11.3 Å². The van der Waals surface area contributed by atoms with Gasteiger partial charge in [0.2, 0.25) is 5.91 Å². The van der Waals surface area contributed by atoms with Crippen molar-refractivity contribution in [3.05, 3.63) is 70.0 Å². The lowest BCUT2D eigenvalue weighted by Gasteiger charge is -2.13. The molecule has 1 N–H and O–H groups in total. The van der Waals surface area contributed by atoms with Crippen molar-refractivity contribution in [1.29, 1.82) is 0 Å². The summed E-state index contributed by atoms with van der Waals surface area (Å²) >= 11 is 2.78. The van der Waals surface area contributed by atoms with Crippen LogP contribution in [0.1, 0.15) is 24.0 Å². The predicted molar refractivity (Wildman–Crippen MR) is 134 cm³/mol. The lowest BCUT2D eigenvalue weighted by atomic mass is 10.1. The zero-order valence-corrected chi connectivity index (χ0v) is 20.0. The van der Waals surface area contributed by atoms with Crippen LogP contribution in [0, 0.1) is 6.92 Å². The molecule has 1 aliphatic heterocycles. The number of fused-ring (bicyclic) bond motifs is 3. The number of thioether (sulfide) groups is 1. The summed E-state index contributed by atoms with van der Waals surface area (Å²) in [7, 11) is 0. The fourth-order valence-corrected chi connectivity index (χ4v) is 5.91. The van der Waals surface area contributed by atoms with E-state index in [1.807, 2.05) is 55.5 Å². The molecule has 1 amide bonds. The van der Waals surface area contributed by atoms with Crippen LogP contribution in [-0.2, 0) is 16.1 Å². The number of rotatable bonds is 7. The molecule has 1 saturated heterocycles. The largest absolute Gasteiger partial charge is 0.376 e. The van der Waals surface area contributed by atoms with Crippen LogP contribution in [0.2, 0.25) is 0 Å². The lowest BCUT2D eigenvalue weighted by molar-refractivity contribution is -0.119. The molecular formula is C25H25N3O3S2. The molecule has 0 spiro atoms. The Morgan fingerprint density at radius 3 is 2.85 bits per heavy atom. The topological polar surface area (TPSA) is 73.2 Å². The first-order valence-electron chi connectivity index (χ1n) is 11.1. The van der Waals surface area contributed by atoms with E-state index in [1.165, 1.54) is 28.7 Å². The molecule has 6 nitrogen and oxygen atoms in total. The Hall–Kier alpha value is -2.68. The van der Waals surface area contributed by atoms with E-state index >= 15 is 0 Å². The van der Waals surface area contributed by atoms with Gasteiger partial charge in [-0.25, -0.2) is 4.98 Å². The third-order valence-electron chi connectivity index (χ3n) is 5.79. The second-order valence-corrected chi connectivity index (χ2v) is 10.3. The predicted octanol–water partition coefficient (Wildman–Crippen LogP) is 4.36. The third-order valence-corrected chi connectivity index (χ3v) is 7.92. The van der Waals surface area contributed by atoms with Gasteiger partial charge in [0.1, 0.15) is 4.70 Å². The molecule has 3 heterocycles. The summed E-state index contributed by atoms with van der Waals surface area (Å²) < 4.78 is 8.96. The zero-order chi connectivity index (χ0) is 22.8. The summed E-state index contributed by atoms with van der Waals surface area (Å²) in [6.45, 7) is 3.74. The van der Waals surface area contributed by atoms with Gasteiger partial charge in [0.15, 0.2) is 5.16 Å². The van der Waals surface area contributed by atoms with Gasteiger partial charge in [-0.3, -0.25) is 14.2 Å². The Bertz CT molecular complexity index is 1360. The molecule has 0 aliphatic carbocycles. The molecule has 1 atom stereocenters. The molecule has 2 aromatic carbocycles. The zero-order valence-electron chi connectivity index (χ0n) is 18.4. The van der Waals surface area contributed by atoms with Crippen molar-refractivity contribution in [1.82, 2.24) is 14.9 Å². The van der Waals surface area contributed by atoms with Crippen LogP contribution < -0.4 is 10.9 Å². The van der Waals surface area contributed by atoms with Gasteiger partial charge < -0.3 is 10.1 Å². The minimum Gasteiger partial charge on any atom is -0.376 e. The molecule has 0 unspecified atom stereocenters. The number of benzene rings is 2. The number of aromatic nitrogens is 2. The SMILES string of the molecule is Cc1ccc(Cn2c(SCC(=O)NC[C@H]3CCCO3)nc3c(sc4ccccc43)c2=O)cc1. The van der Waals surface area contributed by atoms with Crippen LogP contribution in [0.4, 0.5) is 0 Å². The van der Waals surface area contributed by atoms with Crippen LogP contribution in [0.25, 0.3) is 20.3 Å². The maximum Gasteiger partial charge on any atom is 0.272 e. The summed E-state index contributed by atoms with van der Waals surface area (Å²) in [6.07, 6.45) is 2.12. The lowest BCUT2D eigenvalue weighted by Crippen LogP contribution is -2.33. The molecule has 0 saturated carbocycles. The van der Waals surface area contributed by atoms with Crippen LogP contribution in [0.3, 0.4) is 0 Å². The molecule has 1 fully saturated rings. The first kappa shape index (κ1) is 22.1. The van der Waals surface area contributed by atoms with E-state index < -0.39 is 0 Å². The van der Waals surface area contributed by atoms with Crippen molar-refractivity contribution >= 4 is 49.3 Å². The first-order chi connectivity index (χ1) is 16.1. The molecule has 0 bridgehead atoms. The molecule has 8 heteroatoms. The fourth-order valence-electron chi connectivity index (χ4n) is 3.99. The number of thiophene rings is 1. The van der Waals surface area contributed by atoms with Crippen molar-refractivity contribution in [2.24, 2.45) is 0 Å². The smallest absolute Gasteiger partial charge is 0.272 e. The number of nitrogens with one attached hydrogen (secondary N) is 1. The number of hydrogen-bond donors (Lipinski definition) is 1. The summed E-state index contributed by atoms with van der Waals surface area (Å²) in [4.78, 5) is 30.9. The third kappa shape index (κ3) is 4.83. The highest BCUT2D eigenvalue weighted by Gasteiger charge is 2.19. The minimum atomic E-state index is -0.0816. The van der Waals surface area contributed by atoms with Gasteiger partial charge in [-0.1, -0.05) is 59.8 Å². The average Bonchev–Trinajstić information content (AvgIpc) is 3.48. The normalized spacial score (nSPS) is 16.0. The summed E-state index contributed by atoms with van der Waals surface area (Å²) in [6, 6.07) is 16.1.